The summed E-state index contributed by atoms with van der Waals surface area (Å²) in [4.78, 5) is 23.7. The molecule has 4 N–H and O–H groups in total. The van der Waals surface area contributed by atoms with Gasteiger partial charge in [0.1, 0.15) is 0 Å². The zero-order chi connectivity index (χ0) is 8.41. The molecule has 11 heavy (non-hydrogen) atoms. The van der Waals surface area contributed by atoms with Crippen LogP contribution in [0.3, 0.4) is 0 Å². The molecule has 0 aromatic carbocycles. The molecule has 8 nitrogen and oxygen atoms in total. The van der Waals surface area contributed by atoms with E-state index in [1.54, 1.807) is 0 Å². The van der Waals surface area contributed by atoms with Gasteiger partial charge in [0.25, 0.3) is 0 Å². The Labute approximate surface area is 83.2 Å². The summed E-state index contributed by atoms with van der Waals surface area (Å²) in [6, 6.07) is 0. The molecule has 0 saturated heterocycles. The van der Waals surface area contributed by atoms with Crippen molar-refractivity contribution < 1.29 is 38.1 Å². The molecule has 1 atom stereocenters. The maximum absolute atomic E-state index is 9.97. The Morgan fingerprint density at radius 3 is 1.55 bits per heavy atom. The van der Waals surface area contributed by atoms with Crippen LogP contribution in [0.2, 0.25) is 0 Å². The first-order chi connectivity index (χ1) is 4.27. The summed E-state index contributed by atoms with van der Waals surface area (Å²) in [6.45, 7) is 0. The Hall–Kier alpha value is 1.22. The van der Waals surface area contributed by atoms with Gasteiger partial charge < -0.3 is 14.7 Å². The van der Waals surface area contributed by atoms with Crippen molar-refractivity contribution in [3.05, 3.63) is 0 Å². The molecule has 0 spiro atoms. The fraction of sp³-hybridized carbons (Fsp3) is 0. The van der Waals surface area contributed by atoms with Gasteiger partial charge >= 0.3 is 45.2 Å². The third kappa shape index (κ3) is 9.13. The van der Waals surface area contributed by atoms with Gasteiger partial charge in [-0.2, -0.15) is 4.31 Å². The van der Waals surface area contributed by atoms with Crippen LogP contribution in [0.15, 0.2) is 0 Å². The maximum atomic E-state index is 9.97. The topological polar surface area (TPSA) is 134 Å². The molecular weight excluding hydrogens is 213 g/mol. The fourth-order valence-electron chi connectivity index (χ4n) is 0.149. The summed E-state index contributed by atoms with van der Waals surface area (Å²) < 4.78 is 25.5. The Balaban J connectivity index is 0. The van der Waals surface area contributed by atoms with Gasteiger partial charge in [0, 0.05) is 0 Å². The summed E-state index contributed by atoms with van der Waals surface area (Å²) in [6.07, 6.45) is 0. The molecule has 1 unspecified atom stereocenters. The van der Waals surface area contributed by atoms with Crippen molar-refractivity contribution in [1.82, 2.24) is 0 Å². The van der Waals surface area contributed by atoms with E-state index in [1.807, 2.05) is 0 Å². The van der Waals surface area contributed by atoms with Crippen molar-refractivity contribution in [3.63, 3.8) is 0 Å². The van der Waals surface area contributed by atoms with Crippen molar-refractivity contribution >= 4 is 45.2 Å². The van der Waals surface area contributed by atoms with Gasteiger partial charge in [0.2, 0.25) is 0 Å². The van der Waals surface area contributed by atoms with Crippen LogP contribution < -0.4 is 0 Å². The molecule has 0 aliphatic rings. The predicted molar refractivity (Wildman–Crippen MR) is 33.8 cm³/mol. The molecule has 0 saturated carbocycles. The number of hydrogen-bond acceptors (Lipinski definition) is 5. The molecule has 64 valence electrons. The van der Waals surface area contributed by atoms with Crippen molar-refractivity contribution in [2.24, 2.45) is 0 Å². The molecule has 11 heteroatoms. The van der Waals surface area contributed by atoms with Crippen molar-refractivity contribution in [2.45, 2.75) is 0 Å². The van der Waals surface area contributed by atoms with Crippen LogP contribution in [0, 0.1) is 0 Å². The molecule has 0 aromatic heterocycles. The van der Waals surface area contributed by atoms with E-state index in [0.717, 1.165) is 0 Å². The van der Waals surface area contributed by atoms with Crippen LogP contribution in [0.1, 0.15) is 0 Å². The minimum absolute atomic E-state index is 0. The van der Waals surface area contributed by atoms with E-state index < -0.39 is 15.6 Å². The van der Waals surface area contributed by atoms with Gasteiger partial charge in [-0.3, -0.25) is 0 Å². The minimum atomic E-state index is -5.10. The SMILES string of the molecule is O=P(O)(O)OP(=O)(O)OO.[NaH]. The predicted octanol–water partition coefficient (Wildman–Crippen LogP) is -0.963. The quantitative estimate of drug-likeness (QED) is 0.206. The number of rotatable bonds is 3. The molecule has 0 amide bonds. The van der Waals surface area contributed by atoms with Crippen LogP contribution in [0.25, 0.3) is 0 Å². The van der Waals surface area contributed by atoms with E-state index in [-0.39, 0.29) is 29.6 Å². The van der Waals surface area contributed by atoms with E-state index in [2.05, 4.69) is 8.99 Å². The van der Waals surface area contributed by atoms with Crippen molar-refractivity contribution in [1.29, 1.82) is 0 Å². The van der Waals surface area contributed by atoms with Gasteiger partial charge in [-0.25, -0.2) is 14.4 Å². The van der Waals surface area contributed by atoms with Gasteiger partial charge in [0.05, 0.1) is 0 Å². The van der Waals surface area contributed by atoms with Crippen molar-refractivity contribution in [3.8, 4) is 0 Å². The zero-order valence-corrected chi connectivity index (χ0v) is 6.11. The summed E-state index contributed by atoms with van der Waals surface area (Å²) >= 11 is 0. The molecule has 0 rings (SSSR count). The molecule has 0 aliphatic carbocycles. The third-order valence-electron chi connectivity index (χ3n) is 0.313. The van der Waals surface area contributed by atoms with E-state index in [0.29, 0.717) is 0 Å². The second kappa shape index (κ2) is 5.06. The Bertz CT molecular complexity index is 190. The normalized spacial score (nSPS) is 16.7. The van der Waals surface area contributed by atoms with Gasteiger partial charge in [0.15, 0.2) is 0 Å². The molecule has 0 heterocycles. The third-order valence-corrected chi connectivity index (χ3v) is 2.20. The Kier molecular flexibility index (Phi) is 6.77. The molecule has 0 radical (unpaired) electrons. The molecular formula is H5NaO8P2. The van der Waals surface area contributed by atoms with Gasteiger partial charge in [-0.05, 0) is 0 Å². The van der Waals surface area contributed by atoms with Gasteiger partial charge in [-0.1, -0.05) is 0 Å². The summed E-state index contributed by atoms with van der Waals surface area (Å²) in [5, 5.41) is 7.48. The van der Waals surface area contributed by atoms with E-state index >= 15 is 0 Å². The Morgan fingerprint density at radius 2 is 1.45 bits per heavy atom. The first kappa shape index (κ1) is 14.7. The molecule has 0 aliphatic heterocycles. The summed E-state index contributed by atoms with van der Waals surface area (Å²) in [7, 11) is -10.1. The Morgan fingerprint density at radius 1 is 1.09 bits per heavy atom. The van der Waals surface area contributed by atoms with Crippen LogP contribution >= 0.6 is 15.6 Å². The van der Waals surface area contributed by atoms with Crippen LogP contribution in [-0.4, -0.2) is 49.5 Å². The first-order valence-electron chi connectivity index (χ1n) is 1.70. The van der Waals surface area contributed by atoms with Gasteiger partial charge in [-0.15, -0.1) is 4.67 Å². The second-order valence-electron chi connectivity index (χ2n) is 1.12. The average Bonchev–Trinajstić information content (AvgIpc) is 1.60. The fourth-order valence-corrected chi connectivity index (χ4v) is 1.34. The standard InChI is InChI=1S/Na.H4O8P2.H/c;1-7-10(5,6)8-9(2,3)4;/h;1H,(H,5,6)(H2,2,3,4);. The number of phosphoric acid groups is 2. The first-order valence-corrected chi connectivity index (χ1v) is 4.72. The summed E-state index contributed by atoms with van der Waals surface area (Å²) in [5.74, 6) is 0. The van der Waals surface area contributed by atoms with E-state index in [1.165, 1.54) is 0 Å². The second-order valence-corrected chi connectivity index (χ2v) is 3.86. The molecule has 0 fully saturated rings. The summed E-state index contributed by atoms with van der Waals surface area (Å²) in [5.41, 5.74) is 0. The molecule has 0 aromatic rings. The average molecular weight is 218 g/mol. The zero-order valence-electron chi connectivity index (χ0n) is 4.32. The van der Waals surface area contributed by atoms with E-state index in [9.17, 15) is 9.13 Å². The monoisotopic (exact) mass is 218 g/mol. The van der Waals surface area contributed by atoms with Crippen LogP contribution in [0.4, 0.5) is 0 Å². The van der Waals surface area contributed by atoms with Crippen LogP contribution in [0.5, 0.6) is 0 Å². The van der Waals surface area contributed by atoms with Crippen molar-refractivity contribution in [2.75, 3.05) is 0 Å². The number of hydrogen-bond donors (Lipinski definition) is 4. The van der Waals surface area contributed by atoms with Crippen LogP contribution in [-0.2, 0) is 18.1 Å². The van der Waals surface area contributed by atoms with E-state index in [4.69, 9.17) is 19.9 Å². The molecule has 0 bridgehead atoms.